The summed E-state index contributed by atoms with van der Waals surface area (Å²) >= 11 is 13.5. The first-order valence-electron chi connectivity index (χ1n) is 7.47. The fourth-order valence-corrected chi connectivity index (χ4v) is 3.94. The van der Waals surface area contributed by atoms with E-state index in [-0.39, 0.29) is 4.88 Å². The van der Waals surface area contributed by atoms with Crippen molar-refractivity contribution in [3.63, 3.8) is 0 Å². The van der Waals surface area contributed by atoms with Crippen LogP contribution < -0.4 is 10.1 Å². The van der Waals surface area contributed by atoms with Crippen molar-refractivity contribution in [2.45, 2.75) is 0 Å². The summed E-state index contributed by atoms with van der Waals surface area (Å²) in [5.74, 6) is -0.633. The van der Waals surface area contributed by atoms with Gasteiger partial charge < -0.3 is 14.8 Å². The molecule has 0 radical (unpaired) electrons. The van der Waals surface area contributed by atoms with E-state index in [9.17, 15) is 9.59 Å². The Bertz CT molecular complexity index is 986. The lowest BCUT2D eigenvalue weighted by Gasteiger charge is -2.08. The number of rotatable bonds is 5. The number of benzene rings is 2. The lowest BCUT2D eigenvalue weighted by molar-refractivity contribution is -0.119. The summed E-state index contributed by atoms with van der Waals surface area (Å²) in [6, 6.07) is 12.2. The third-order valence-electron chi connectivity index (χ3n) is 3.49. The quantitative estimate of drug-likeness (QED) is 0.601. The Labute approximate surface area is 163 Å². The minimum atomic E-state index is -0.640. The molecular weight excluding hydrogens is 397 g/mol. The van der Waals surface area contributed by atoms with Crippen LogP contribution in [0, 0.1) is 0 Å². The molecular formula is C18H13Cl2NO4S. The number of amides is 1. The van der Waals surface area contributed by atoms with Gasteiger partial charge in [0.05, 0.1) is 17.2 Å². The van der Waals surface area contributed by atoms with Gasteiger partial charge in [-0.05, 0) is 24.3 Å². The zero-order valence-corrected chi connectivity index (χ0v) is 15.9. The third kappa shape index (κ3) is 3.93. The van der Waals surface area contributed by atoms with Crippen LogP contribution in [0.1, 0.15) is 9.67 Å². The number of thiophene rings is 1. The van der Waals surface area contributed by atoms with E-state index in [2.05, 4.69) is 5.32 Å². The molecule has 3 aromatic rings. The van der Waals surface area contributed by atoms with Crippen LogP contribution in [0.15, 0.2) is 42.5 Å². The van der Waals surface area contributed by atoms with Gasteiger partial charge in [0.1, 0.15) is 10.6 Å². The Balaban J connectivity index is 1.62. The SMILES string of the molecule is COc1ccc(NC(=O)COC(=O)c2sc3ccccc3c2Cl)cc1Cl. The molecule has 0 fully saturated rings. The standard InChI is InChI=1S/C18H13Cl2NO4S/c1-24-13-7-6-10(8-12(13)19)21-15(22)9-25-18(23)17-16(20)11-4-2-3-5-14(11)26-17/h2-8H,9H2,1H3,(H,21,22). The normalized spacial score (nSPS) is 10.6. The third-order valence-corrected chi connectivity index (χ3v) is 5.44. The molecule has 0 spiro atoms. The van der Waals surface area contributed by atoms with Gasteiger partial charge in [-0.25, -0.2) is 4.79 Å². The summed E-state index contributed by atoms with van der Waals surface area (Å²) in [6.07, 6.45) is 0. The number of ether oxygens (including phenoxy) is 2. The maximum Gasteiger partial charge on any atom is 0.350 e. The fourth-order valence-electron chi connectivity index (χ4n) is 2.28. The largest absolute Gasteiger partial charge is 0.495 e. The molecule has 134 valence electrons. The predicted molar refractivity (Wildman–Crippen MR) is 104 cm³/mol. The van der Waals surface area contributed by atoms with Crippen molar-refractivity contribution < 1.29 is 19.1 Å². The molecule has 1 amide bonds. The molecule has 0 saturated carbocycles. The summed E-state index contributed by atoms with van der Waals surface area (Å²) in [6.45, 7) is -0.437. The van der Waals surface area contributed by atoms with Gasteiger partial charge in [-0.3, -0.25) is 4.79 Å². The van der Waals surface area contributed by atoms with Crippen LogP contribution in [0.3, 0.4) is 0 Å². The number of fused-ring (bicyclic) bond motifs is 1. The van der Waals surface area contributed by atoms with Gasteiger partial charge in [0.15, 0.2) is 6.61 Å². The van der Waals surface area contributed by atoms with E-state index in [0.717, 1.165) is 10.1 Å². The molecule has 2 aromatic carbocycles. The second-order valence-electron chi connectivity index (χ2n) is 5.21. The van der Waals surface area contributed by atoms with Crippen LogP contribution >= 0.6 is 34.5 Å². The molecule has 0 aliphatic rings. The van der Waals surface area contributed by atoms with E-state index in [1.807, 2.05) is 24.3 Å². The molecule has 0 aliphatic carbocycles. The van der Waals surface area contributed by atoms with Crippen LogP contribution in [0.5, 0.6) is 5.75 Å². The van der Waals surface area contributed by atoms with Crippen molar-refractivity contribution in [3.8, 4) is 5.75 Å². The maximum atomic E-state index is 12.2. The predicted octanol–water partition coefficient (Wildman–Crippen LogP) is 5.01. The Morgan fingerprint density at radius 3 is 2.62 bits per heavy atom. The first-order valence-corrected chi connectivity index (χ1v) is 9.04. The Hall–Kier alpha value is -2.28. The number of hydrogen-bond acceptors (Lipinski definition) is 5. The number of carbonyl (C=O) groups excluding carboxylic acids is 2. The first kappa shape index (κ1) is 18.5. The van der Waals surface area contributed by atoms with Crippen molar-refractivity contribution in [1.82, 2.24) is 0 Å². The second-order valence-corrected chi connectivity index (χ2v) is 7.05. The van der Waals surface area contributed by atoms with Gasteiger partial charge >= 0.3 is 5.97 Å². The van der Waals surface area contributed by atoms with E-state index in [4.69, 9.17) is 32.7 Å². The molecule has 5 nitrogen and oxygen atoms in total. The van der Waals surface area contributed by atoms with Crippen molar-refractivity contribution in [2.75, 3.05) is 19.0 Å². The van der Waals surface area contributed by atoms with Crippen LogP contribution in [-0.4, -0.2) is 25.6 Å². The minimum Gasteiger partial charge on any atom is -0.495 e. The number of hydrogen-bond donors (Lipinski definition) is 1. The molecule has 26 heavy (non-hydrogen) atoms. The van der Waals surface area contributed by atoms with Gasteiger partial charge in [-0.15, -0.1) is 11.3 Å². The number of anilines is 1. The molecule has 3 rings (SSSR count). The van der Waals surface area contributed by atoms with Crippen molar-refractivity contribution in [3.05, 3.63) is 57.4 Å². The first-order chi connectivity index (χ1) is 12.5. The summed E-state index contributed by atoms with van der Waals surface area (Å²) in [7, 11) is 1.50. The Morgan fingerprint density at radius 2 is 1.92 bits per heavy atom. The number of halogens is 2. The number of methoxy groups -OCH3 is 1. The van der Waals surface area contributed by atoms with Crippen molar-refractivity contribution in [1.29, 1.82) is 0 Å². The maximum absolute atomic E-state index is 12.2. The summed E-state index contributed by atoms with van der Waals surface area (Å²) in [4.78, 5) is 24.5. The van der Waals surface area contributed by atoms with Gasteiger partial charge in [0, 0.05) is 15.8 Å². The highest BCUT2D eigenvalue weighted by molar-refractivity contribution is 7.21. The highest BCUT2D eigenvalue weighted by Crippen LogP contribution is 2.35. The number of nitrogens with one attached hydrogen (secondary N) is 1. The fraction of sp³-hybridized carbons (Fsp3) is 0.111. The van der Waals surface area contributed by atoms with Gasteiger partial charge in [0.2, 0.25) is 0 Å². The molecule has 1 heterocycles. The van der Waals surface area contributed by atoms with E-state index in [1.54, 1.807) is 18.2 Å². The molecule has 1 aromatic heterocycles. The average molecular weight is 410 g/mol. The smallest absolute Gasteiger partial charge is 0.350 e. The monoisotopic (exact) mass is 409 g/mol. The number of carbonyl (C=O) groups is 2. The van der Waals surface area contributed by atoms with Gasteiger partial charge in [0.25, 0.3) is 5.91 Å². The Morgan fingerprint density at radius 1 is 1.15 bits per heavy atom. The molecule has 8 heteroatoms. The molecule has 0 atom stereocenters. The van der Waals surface area contributed by atoms with Crippen LogP contribution in [0.2, 0.25) is 10.0 Å². The molecule has 0 saturated heterocycles. The van der Waals surface area contributed by atoms with E-state index >= 15 is 0 Å². The highest BCUT2D eigenvalue weighted by atomic mass is 35.5. The Kier molecular flexibility index (Phi) is 5.66. The number of esters is 1. The van der Waals surface area contributed by atoms with Gasteiger partial charge in [-0.1, -0.05) is 41.4 Å². The van der Waals surface area contributed by atoms with Crippen LogP contribution in [0.4, 0.5) is 5.69 Å². The molecule has 0 bridgehead atoms. The van der Waals surface area contributed by atoms with Crippen molar-refractivity contribution >= 4 is 62.2 Å². The topological polar surface area (TPSA) is 64.6 Å². The van der Waals surface area contributed by atoms with E-state index in [1.165, 1.54) is 18.4 Å². The summed E-state index contributed by atoms with van der Waals surface area (Å²) in [5, 5.41) is 4.07. The second kappa shape index (κ2) is 7.95. The molecule has 1 N–H and O–H groups in total. The highest BCUT2D eigenvalue weighted by Gasteiger charge is 2.19. The van der Waals surface area contributed by atoms with Crippen molar-refractivity contribution in [2.24, 2.45) is 0 Å². The average Bonchev–Trinajstić information content (AvgIpc) is 2.97. The zero-order chi connectivity index (χ0) is 18.7. The molecule has 0 aliphatic heterocycles. The van der Waals surface area contributed by atoms with Crippen LogP contribution in [0.25, 0.3) is 10.1 Å². The van der Waals surface area contributed by atoms with Crippen LogP contribution in [-0.2, 0) is 9.53 Å². The lowest BCUT2D eigenvalue weighted by atomic mass is 10.2. The van der Waals surface area contributed by atoms with E-state index < -0.39 is 18.5 Å². The minimum absolute atomic E-state index is 0.271. The van der Waals surface area contributed by atoms with Gasteiger partial charge in [-0.2, -0.15) is 0 Å². The van der Waals surface area contributed by atoms with E-state index in [0.29, 0.717) is 21.5 Å². The summed E-state index contributed by atoms with van der Waals surface area (Å²) in [5.41, 5.74) is 0.469. The zero-order valence-electron chi connectivity index (χ0n) is 13.5. The summed E-state index contributed by atoms with van der Waals surface area (Å²) < 4.78 is 11.0. The lowest BCUT2D eigenvalue weighted by Crippen LogP contribution is -2.20. The molecule has 0 unspecified atom stereocenters.